The van der Waals surface area contributed by atoms with E-state index in [0.29, 0.717) is 12.3 Å². The Kier molecular flexibility index (Phi) is 3.79. The quantitative estimate of drug-likeness (QED) is 0.894. The summed E-state index contributed by atoms with van der Waals surface area (Å²) in [6.45, 7) is 1.29. The highest BCUT2D eigenvalue weighted by Gasteiger charge is 2.06. The molecule has 4 nitrogen and oxygen atoms in total. The Balaban J connectivity index is 2.01. The average molecular weight is 245 g/mol. The van der Waals surface area contributed by atoms with Crippen LogP contribution in [0.3, 0.4) is 0 Å². The Morgan fingerprint density at radius 1 is 1.22 bits per heavy atom. The molecule has 4 heteroatoms. The first-order valence-electron chi connectivity index (χ1n) is 5.68. The smallest absolute Gasteiger partial charge is 0.226 e. The van der Waals surface area contributed by atoms with Gasteiger partial charge in [0.25, 0.3) is 0 Å². The molecule has 2 aromatic rings. The van der Waals surface area contributed by atoms with Crippen molar-refractivity contribution in [3.63, 3.8) is 0 Å². The molecule has 18 heavy (non-hydrogen) atoms. The zero-order chi connectivity index (χ0) is 13.0. The van der Waals surface area contributed by atoms with Crippen LogP contribution in [-0.2, 0) is 13.1 Å². The van der Waals surface area contributed by atoms with Crippen molar-refractivity contribution >= 4 is 0 Å². The standard InChI is InChI=1S/C14H15NO3/c1-15(8-11-5-3-2-4-6-11)9-12-7-13(16)14(17)10-18-12/h2-7,10,17H,8-9H2,1H3. The summed E-state index contributed by atoms with van der Waals surface area (Å²) in [4.78, 5) is 13.3. The molecule has 0 bridgehead atoms. The van der Waals surface area contributed by atoms with Crippen LogP contribution in [0.15, 0.2) is 51.9 Å². The Morgan fingerprint density at radius 3 is 2.61 bits per heavy atom. The SMILES string of the molecule is CN(Cc1ccccc1)Cc1cc(=O)c(O)co1. The normalized spacial score (nSPS) is 10.8. The van der Waals surface area contributed by atoms with E-state index in [2.05, 4.69) is 0 Å². The molecular weight excluding hydrogens is 230 g/mol. The summed E-state index contributed by atoms with van der Waals surface area (Å²) in [5, 5.41) is 9.09. The van der Waals surface area contributed by atoms with Crippen LogP contribution in [0.4, 0.5) is 0 Å². The molecule has 0 aliphatic rings. The number of hydrogen-bond acceptors (Lipinski definition) is 4. The Hall–Kier alpha value is -2.07. The number of nitrogens with zero attached hydrogens (tertiary/aromatic N) is 1. The second-order valence-corrected chi connectivity index (χ2v) is 4.25. The minimum Gasteiger partial charge on any atom is -0.502 e. The van der Waals surface area contributed by atoms with Crippen molar-refractivity contribution in [3.05, 3.63) is 64.2 Å². The summed E-state index contributed by atoms with van der Waals surface area (Å²) < 4.78 is 5.16. The first-order valence-corrected chi connectivity index (χ1v) is 5.68. The van der Waals surface area contributed by atoms with Crippen LogP contribution in [0.5, 0.6) is 5.75 Å². The van der Waals surface area contributed by atoms with Crippen LogP contribution in [0.1, 0.15) is 11.3 Å². The van der Waals surface area contributed by atoms with Gasteiger partial charge in [0.15, 0.2) is 5.75 Å². The fraction of sp³-hybridized carbons (Fsp3) is 0.214. The molecule has 0 aliphatic carbocycles. The Bertz CT molecular complexity index is 563. The van der Waals surface area contributed by atoms with Gasteiger partial charge in [-0.25, -0.2) is 0 Å². The fourth-order valence-corrected chi connectivity index (χ4v) is 1.74. The summed E-state index contributed by atoms with van der Waals surface area (Å²) in [5.74, 6) is 0.181. The second-order valence-electron chi connectivity index (χ2n) is 4.25. The van der Waals surface area contributed by atoms with Gasteiger partial charge in [-0.3, -0.25) is 9.69 Å². The maximum absolute atomic E-state index is 11.3. The van der Waals surface area contributed by atoms with Gasteiger partial charge in [-0.1, -0.05) is 30.3 Å². The highest BCUT2D eigenvalue weighted by Crippen LogP contribution is 2.08. The van der Waals surface area contributed by atoms with Crippen LogP contribution in [0, 0.1) is 0 Å². The summed E-state index contributed by atoms with van der Waals surface area (Å²) in [7, 11) is 1.94. The molecule has 1 heterocycles. The molecule has 0 unspecified atom stereocenters. The van der Waals surface area contributed by atoms with Gasteiger partial charge < -0.3 is 9.52 Å². The Morgan fingerprint density at radius 2 is 1.94 bits per heavy atom. The van der Waals surface area contributed by atoms with Gasteiger partial charge in [0.2, 0.25) is 5.43 Å². The van der Waals surface area contributed by atoms with E-state index < -0.39 is 5.43 Å². The third-order valence-electron chi connectivity index (χ3n) is 2.59. The maximum Gasteiger partial charge on any atom is 0.226 e. The molecule has 0 spiro atoms. The van der Waals surface area contributed by atoms with Crippen molar-refractivity contribution in [1.29, 1.82) is 0 Å². The van der Waals surface area contributed by atoms with Crippen molar-refractivity contribution < 1.29 is 9.52 Å². The summed E-state index contributed by atoms with van der Waals surface area (Å²) in [6.07, 6.45) is 1.08. The zero-order valence-corrected chi connectivity index (χ0v) is 10.2. The predicted molar refractivity (Wildman–Crippen MR) is 68.3 cm³/mol. The van der Waals surface area contributed by atoms with Crippen LogP contribution in [0.2, 0.25) is 0 Å². The van der Waals surface area contributed by atoms with Crippen molar-refractivity contribution in [2.75, 3.05) is 7.05 Å². The van der Waals surface area contributed by atoms with Gasteiger partial charge in [0.05, 0.1) is 6.54 Å². The lowest BCUT2D eigenvalue weighted by Crippen LogP contribution is -2.18. The molecule has 0 fully saturated rings. The fourth-order valence-electron chi connectivity index (χ4n) is 1.74. The largest absolute Gasteiger partial charge is 0.502 e. The topological polar surface area (TPSA) is 53.7 Å². The molecule has 1 aromatic heterocycles. The van der Waals surface area contributed by atoms with E-state index in [0.717, 1.165) is 12.8 Å². The van der Waals surface area contributed by atoms with Gasteiger partial charge >= 0.3 is 0 Å². The molecule has 0 aliphatic heterocycles. The first-order chi connectivity index (χ1) is 8.65. The minimum atomic E-state index is -0.413. The van der Waals surface area contributed by atoms with E-state index in [-0.39, 0.29) is 5.75 Å². The molecule has 0 saturated carbocycles. The van der Waals surface area contributed by atoms with E-state index >= 15 is 0 Å². The lowest BCUT2D eigenvalue weighted by atomic mass is 10.2. The van der Waals surface area contributed by atoms with Crippen molar-refractivity contribution in [2.24, 2.45) is 0 Å². The van der Waals surface area contributed by atoms with Crippen LogP contribution >= 0.6 is 0 Å². The molecule has 94 valence electrons. The predicted octanol–water partition coefficient (Wildman–Crippen LogP) is 1.98. The summed E-state index contributed by atoms with van der Waals surface area (Å²) >= 11 is 0. The van der Waals surface area contributed by atoms with E-state index in [1.807, 2.05) is 42.3 Å². The van der Waals surface area contributed by atoms with E-state index in [1.54, 1.807) is 0 Å². The first kappa shape index (κ1) is 12.4. The summed E-state index contributed by atoms with van der Waals surface area (Å²) in [6, 6.07) is 11.4. The van der Waals surface area contributed by atoms with Gasteiger partial charge in [-0.2, -0.15) is 0 Å². The molecule has 0 radical (unpaired) electrons. The average Bonchev–Trinajstić information content (AvgIpc) is 2.35. The van der Waals surface area contributed by atoms with Gasteiger partial charge in [-0.15, -0.1) is 0 Å². The van der Waals surface area contributed by atoms with E-state index in [1.165, 1.54) is 11.6 Å². The number of rotatable bonds is 4. The lowest BCUT2D eigenvalue weighted by molar-refractivity contribution is 0.280. The van der Waals surface area contributed by atoms with Gasteiger partial charge in [-0.05, 0) is 12.6 Å². The third-order valence-corrected chi connectivity index (χ3v) is 2.59. The van der Waals surface area contributed by atoms with Crippen molar-refractivity contribution in [2.45, 2.75) is 13.1 Å². The highest BCUT2D eigenvalue weighted by molar-refractivity contribution is 5.16. The van der Waals surface area contributed by atoms with E-state index in [4.69, 9.17) is 9.52 Å². The highest BCUT2D eigenvalue weighted by atomic mass is 16.4. The summed E-state index contributed by atoms with van der Waals surface area (Å²) in [5.41, 5.74) is 0.783. The van der Waals surface area contributed by atoms with E-state index in [9.17, 15) is 4.79 Å². The Labute approximate surface area is 105 Å². The molecule has 2 rings (SSSR count). The lowest BCUT2D eigenvalue weighted by Gasteiger charge is -2.15. The number of hydrogen-bond donors (Lipinski definition) is 1. The van der Waals surface area contributed by atoms with Crippen LogP contribution < -0.4 is 5.43 Å². The monoisotopic (exact) mass is 245 g/mol. The zero-order valence-electron chi connectivity index (χ0n) is 10.2. The number of aromatic hydroxyl groups is 1. The molecule has 1 aromatic carbocycles. The number of benzene rings is 1. The molecule has 0 saturated heterocycles. The molecule has 0 amide bonds. The van der Waals surface area contributed by atoms with Crippen LogP contribution in [0.25, 0.3) is 0 Å². The molecule has 1 N–H and O–H groups in total. The minimum absolute atomic E-state index is 0.357. The van der Waals surface area contributed by atoms with Gasteiger partial charge in [0, 0.05) is 12.6 Å². The third kappa shape index (κ3) is 3.21. The van der Waals surface area contributed by atoms with Gasteiger partial charge in [0.1, 0.15) is 12.0 Å². The van der Waals surface area contributed by atoms with Crippen molar-refractivity contribution in [3.8, 4) is 5.75 Å². The van der Waals surface area contributed by atoms with Crippen molar-refractivity contribution in [1.82, 2.24) is 4.90 Å². The molecular formula is C14H15NO3. The second kappa shape index (κ2) is 5.51. The molecule has 0 atom stereocenters. The maximum atomic E-state index is 11.3. The van der Waals surface area contributed by atoms with Crippen LogP contribution in [-0.4, -0.2) is 17.1 Å².